The first kappa shape index (κ1) is 18.1. The summed E-state index contributed by atoms with van der Waals surface area (Å²) >= 11 is 0. The second-order valence-corrected chi connectivity index (χ2v) is 5.30. The van der Waals surface area contributed by atoms with E-state index in [2.05, 4.69) is 20.8 Å². The Morgan fingerprint density at radius 2 is 1.92 bits per heavy atom. The van der Waals surface area contributed by atoms with Crippen molar-refractivity contribution >= 4 is 17.5 Å². The average molecular weight is 340 g/mol. The van der Waals surface area contributed by atoms with Crippen LogP contribution in [0, 0.1) is 0 Å². The molecule has 1 heterocycles. The Labute approximate surface area is 146 Å². The van der Waals surface area contributed by atoms with Gasteiger partial charge in [0.05, 0.1) is 13.5 Å². The molecule has 2 N–H and O–H groups in total. The number of amides is 2. The zero-order valence-electron chi connectivity index (χ0n) is 14.2. The summed E-state index contributed by atoms with van der Waals surface area (Å²) in [6.45, 7) is 2.09. The van der Waals surface area contributed by atoms with Crippen LogP contribution in [0.2, 0.25) is 0 Å². The molecule has 7 heteroatoms. The topological polar surface area (TPSA) is 92.7 Å². The largest absolute Gasteiger partial charge is 0.497 e. The van der Waals surface area contributed by atoms with Gasteiger partial charge in [-0.25, -0.2) is 5.43 Å². The van der Waals surface area contributed by atoms with E-state index in [-0.39, 0.29) is 18.0 Å². The Morgan fingerprint density at radius 1 is 1.16 bits per heavy atom. The van der Waals surface area contributed by atoms with Gasteiger partial charge >= 0.3 is 0 Å². The summed E-state index contributed by atoms with van der Waals surface area (Å²) in [6, 6.07) is 12.5. The smallest absolute Gasteiger partial charge is 0.289 e. The molecule has 0 unspecified atom stereocenters. The van der Waals surface area contributed by atoms with Gasteiger partial charge < -0.3 is 10.1 Å². The molecule has 0 fully saturated rings. The van der Waals surface area contributed by atoms with Crippen LogP contribution in [-0.4, -0.2) is 29.6 Å². The molecular formula is C18H20N4O3. The lowest BCUT2D eigenvalue weighted by molar-refractivity contribution is -0.120. The molecule has 0 saturated carbocycles. The molecule has 25 heavy (non-hydrogen) atoms. The third-order valence-electron chi connectivity index (χ3n) is 3.31. The maximum Gasteiger partial charge on any atom is 0.289 e. The highest BCUT2D eigenvalue weighted by atomic mass is 16.5. The highest BCUT2D eigenvalue weighted by molar-refractivity contribution is 6.00. The Morgan fingerprint density at radius 3 is 2.56 bits per heavy atom. The van der Waals surface area contributed by atoms with Crippen LogP contribution in [0.4, 0.5) is 0 Å². The Balaban J connectivity index is 1.77. The zero-order valence-corrected chi connectivity index (χ0v) is 14.2. The van der Waals surface area contributed by atoms with Crippen LogP contribution in [0.25, 0.3) is 0 Å². The fourth-order valence-corrected chi connectivity index (χ4v) is 1.98. The number of carbonyl (C=O) groups excluding carboxylic acids is 2. The monoisotopic (exact) mass is 340 g/mol. The fraction of sp³-hybridized carbons (Fsp3) is 0.222. The summed E-state index contributed by atoms with van der Waals surface area (Å²) in [5, 5.41) is 6.72. The van der Waals surface area contributed by atoms with Crippen LogP contribution in [0.5, 0.6) is 5.75 Å². The van der Waals surface area contributed by atoms with E-state index in [1.54, 1.807) is 32.2 Å². The number of rotatable bonds is 7. The molecule has 0 bridgehead atoms. The lowest BCUT2D eigenvalue weighted by Gasteiger charge is -2.06. The number of aromatic nitrogens is 1. The SMILES string of the molecule is COc1ccc(CNC(=O)C/C(C)=N/NC(=O)c2ccccn2)cc1. The van der Waals surface area contributed by atoms with Crippen molar-refractivity contribution < 1.29 is 14.3 Å². The number of nitrogens with zero attached hydrogens (tertiary/aromatic N) is 2. The molecule has 2 amide bonds. The van der Waals surface area contributed by atoms with Gasteiger partial charge in [-0.3, -0.25) is 14.6 Å². The van der Waals surface area contributed by atoms with Crippen LogP contribution >= 0.6 is 0 Å². The molecule has 2 aromatic rings. The van der Waals surface area contributed by atoms with Crippen molar-refractivity contribution in [3.05, 3.63) is 59.9 Å². The maximum absolute atomic E-state index is 11.9. The Bertz CT molecular complexity index is 743. The Kier molecular flexibility index (Phi) is 6.65. The van der Waals surface area contributed by atoms with E-state index < -0.39 is 5.91 Å². The van der Waals surface area contributed by atoms with Crippen molar-refractivity contribution in [3.8, 4) is 5.75 Å². The first-order valence-corrected chi connectivity index (χ1v) is 7.72. The van der Waals surface area contributed by atoms with Gasteiger partial charge in [-0.05, 0) is 36.8 Å². The van der Waals surface area contributed by atoms with E-state index in [0.717, 1.165) is 11.3 Å². The number of methoxy groups -OCH3 is 1. The molecule has 0 atom stereocenters. The predicted octanol–water partition coefficient (Wildman–Crippen LogP) is 1.90. The van der Waals surface area contributed by atoms with E-state index in [9.17, 15) is 9.59 Å². The second-order valence-electron chi connectivity index (χ2n) is 5.30. The molecule has 0 spiro atoms. The number of pyridine rings is 1. The third kappa shape index (κ3) is 6.06. The minimum atomic E-state index is -0.418. The quantitative estimate of drug-likeness (QED) is 0.595. The summed E-state index contributed by atoms with van der Waals surface area (Å²) in [4.78, 5) is 27.7. The van der Waals surface area contributed by atoms with Crippen molar-refractivity contribution in [2.24, 2.45) is 5.10 Å². The minimum absolute atomic E-state index is 0.0959. The van der Waals surface area contributed by atoms with Crippen molar-refractivity contribution in [1.82, 2.24) is 15.7 Å². The van der Waals surface area contributed by atoms with Crippen molar-refractivity contribution in [2.75, 3.05) is 7.11 Å². The number of hydrazone groups is 1. The van der Waals surface area contributed by atoms with E-state index >= 15 is 0 Å². The van der Waals surface area contributed by atoms with Gasteiger partial charge in [0, 0.05) is 18.5 Å². The van der Waals surface area contributed by atoms with Gasteiger partial charge in [0.2, 0.25) is 5.91 Å². The number of hydrogen-bond donors (Lipinski definition) is 2. The highest BCUT2D eigenvalue weighted by Crippen LogP contribution is 2.10. The summed E-state index contributed by atoms with van der Waals surface area (Å²) < 4.78 is 5.08. The van der Waals surface area contributed by atoms with E-state index in [1.165, 1.54) is 6.20 Å². The van der Waals surface area contributed by atoms with E-state index in [4.69, 9.17) is 4.74 Å². The van der Waals surface area contributed by atoms with Crippen LogP contribution in [0.3, 0.4) is 0 Å². The molecule has 1 aromatic carbocycles. The van der Waals surface area contributed by atoms with Crippen LogP contribution in [0.15, 0.2) is 53.8 Å². The molecule has 7 nitrogen and oxygen atoms in total. The van der Waals surface area contributed by atoms with Gasteiger partial charge in [0.15, 0.2) is 0 Å². The lowest BCUT2D eigenvalue weighted by atomic mass is 10.2. The third-order valence-corrected chi connectivity index (χ3v) is 3.31. The number of ether oxygens (including phenoxy) is 1. The molecule has 0 aliphatic heterocycles. The zero-order chi connectivity index (χ0) is 18.1. The van der Waals surface area contributed by atoms with Crippen LogP contribution in [0.1, 0.15) is 29.4 Å². The number of benzene rings is 1. The van der Waals surface area contributed by atoms with Crippen LogP contribution < -0.4 is 15.5 Å². The molecule has 0 saturated heterocycles. The summed E-state index contributed by atoms with van der Waals surface area (Å²) in [7, 11) is 1.60. The second kappa shape index (κ2) is 9.17. The minimum Gasteiger partial charge on any atom is -0.497 e. The van der Waals surface area contributed by atoms with Gasteiger partial charge in [-0.2, -0.15) is 5.10 Å². The van der Waals surface area contributed by atoms with Crippen molar-refractivity contribution in [3.63, 3.8) is 0 Å². The van der Waals surface area contributed by atoms with Crippen molar-refractivity contribution in [2.45, 2.75) is 19.9 Å². The lowest BCUT2D eigenvalue weighted by Crippen LogP contribution is -2.26. The maximum atomic E-state index is 11.9. The molecule has 0 aliphatic rings. The molecular weight excluding hydrogens is 320 g/mol. The first-order chi connectivity index (χ1) is 12.1. The van der Waals surface area contributed by atoms with Gasteiger partial charge in [-0.15, -0.1) is 0 Å². The summed E-state index contributed by atoms with van der Waals surface area (Å²) in [5.74, 6) is 0.171. The molecule has 2 rings (SSSR count). The fourth-order valence-electron chi connectivity index (χ4n) is 1.98. The first-order valence-electron chi connectivity index (χ1n) is 7.72. The standard InChI is InChI=1S/C18H20N4O3/c1-13(21-22-18(24)16-5-3-4-10-19-16)11-17(23)20-12-14-6-8-15(25-2)9-7-14/h3-10H,11-12H2,1-2H3,(H,20,23)(H,22,24)/b21-13+. The highest BCUT2D eigenvalue weighted by Gasteiger charge is 2.07. The van der Waals surface area contributed by atoms with Gasteiger partial charge in [0.25, 0.3) is 5.91 Å². The number of carbonyl (C=O) groups is 2. The molecule has 1 aromatic heterocycles. The van der Waals surface area contributed by atoms with Crippen molar-refractivity contribution in [1.29, 1.82) is 0 Å². The summed E-state index contributed by atoms with van der Waals surface area (Å²) in [5.41, 5.74) is 4.11. The normalized spacial score (nSPS) is 10.9. The van der Waals surface area contributed by atoms with Crippen LogP contribution in [-0.2, 0) is 11.3 Å². The Hall–Kier alpha value is -3.22. The van der Waals surface area contributed by atoms with E-state index in [0.29, 0.717) is 12.3 Å². The summed E-state index contributed by atoms with van der Waals surface area (Å²) in [6.07, 6.45) is 1.62. The molecule has 0 radical (unpaired) electrons. The van der Waals surface area contributed by atoms with Gasteiger partial charge in [-0.1, -0.05) is 18.2 Å². The predicted molar refractivity (Wildman–Crippen MR) is 94.3 cm³/mol. The number of nitrogens with one attached hydrogen (secondary N) is 2. The van der Waals surface area contributed by atoms with E-state index in [1.807, 2.05) is 24.3 Å². The van der Waals surface area contributed by atoms with Gasteiger partial charge in [0.1, 0.15) is 11.4 Å². The number of hydrogen-bond acceptors (Lipinski definition) is 5. The molecule has 0 aliphatic carbocycles. The molecule has 130 valence electrons. The average Bonchev–Trinajstić information content (AvgIpc) is 2.65.